The molecule has 0 amide bonds. The highest BCUT2D eigenvalue weighted by Crippen LogP contribution is 2.27. The summed E-state index contributed by atoms with van der Waals surface area (Å²) in [4.78, 5) is 9.02. The Morgan fingerprint density at radius 2 is 2.26 bits per heavy atom. The molecular weight excluding hydrogens is 278 g/mol. The summed E-state index contributed by atoms with van der Waals surface area (Å²) in [7, 11) is 0. The van der Waals surface area contributed by atoms with Crippen molar-refractivity contribution < 1.29 is 0 Å². The first-order valence-corrected chi connectivity index (χ1v) is 7.51. The smallest absolute Gasteiger partial charge is 0.128 e. The Labute approximate surface area is 120 Å². The lowest BCUT2D eigenvalue weighted by Gasteiger charge is -2.10. The molecule has 0 spiro atoms. The summed E-state index contributed by atoms with van der Waals surface area (Å²) in [5, 5.41) is 1.94. The van der Waals surface area contributed by atoms with E-state index in [9.17, 15) is 0 Å². The summed E-state index contributed by atoms with van der Waals surface area (Å²) in [6.45, 7) is 4.77. The molecule has 2 heterocycles. The van der Waals surface area contributed by atoms with Gasteiger partial charge >= 0.3 is 0 Å². The van der Waals surface area contributed by atoms with Crippen molar-refractivity contribution in [3.05, 3.63) is 46.2 Å². The zero-order valence-corrected chi connectivity index (χ0v) is 12.4. The highest BCUT2D eigenvalue weighted by atomic mass is 35.5. The van der Waals surface area contributed by atoms with Gasteiger partial charge in [-0.3, -0.25) is 0 Å². The van der Waals surface area contributed by atoms with Gasteiger partial charge in [0.1, 0.15) is 5.82 Å². The Bertz CT molecular complexity index is 701. The lowest BCUT2D eigenvalue weighted by atomic mass is 10.2. The van der Waals surface area contributed by atoms with Crippen LogP contribution in [0.25, 0.3) is 11.0 Å². The number of halogens is 1. The van der Waals surface area contributed by atoms with Gasteiger partial charge in [-0.15, -0.1) is 22.9 Å². The molecule has 0 fully saturated rings. The third-order valence-electron chi connectivity index (χ3n) is 3.16. The number of thiazole rings is 1. The number of hydrogen-bond donors (Lipinski definition) is 0. The molecule has 2 aromatic heterocycles. The van der Waals surface area contributed by atoms with Gasteiger partial charge in [0, 0.05) is 5.38 Å². The fourth-order valence-electron chi connectivity index (χ4n) is 2.32. The number of para-hydroxylation sites is 1. The summed E-state index contributed by atoms with van der Waals surface area (Å²) in [6.07, 6.45) is 0. The summed E-state index contributed by atoms with van der Waals surface area (Å²) < 4.78 is 2.18. The molecule has 0 aliphatic carbocycles. The predicted molar refractivity (Wildman–Crippen MR) is 80.0 cm³/mol. The maximum atomic E-state index is 6.27. The molecule has 3 aromatic rings. The highest BCUT2D eigenvalue weighted by molar-refractivity contribution is 7.07. The van der Waals surface area contributed by atoms with E-state index in [0.29, 0.717) is 0 Å². The van der Waals surface area contributed by atoms with E-state index in [1.807, 2.05) is 24.6 Å². The normalized spacial score (nSPS) is 13.0. The van der Waals surface area contributed by atoms with Gasteiger partial charge in [0.25, 0.3) is 0 Å². The van der Waals surface area contributed by atoms with Crippen LogP contribution in [0.5, 0.6) is 0 Å². The maximum absolute atomic E-state index is 6.27. The van der Waals surface area contributed by atoms with Crippen LogP contribution in [-0.4, -0.2) is 14.5 Å². The molecule has 1 aromatic carbocycles. The maximum Gasteiger partial charge on any atom is 0.128 e. The van der Waals surface area contributed by atoms with E-state index in [0.717, 1.165) is 29.1 Å². The molecule has 0 N–H and O–H groups in total. The molecule has 19 heavy (non-hydrogen) atoms. The van der Waals surface area contributed by atoms with Crippen LogP contribution in [0.15, 0.2) is 29.1 Å². The number of imidazole rings is 1. The first-order chi connectivity index (χ1) is 9.16. The van der Waals surface area contributed by atoms with Crippen molar-refractivity contribution in [1.82, 2.24) is 14.5 Å². The second kappa shape index (κ2) is 4.94. The minimum Gasteiger partial charge on any atom is -0.320 e. The van der Waals surface area contributed by atoms with E-state index >= 15 is 0 Å². The zero-order chi connectivity index (χ0) is 13.4. The second-order valence-electron chi connectivity index (χ2n) is 4.59. The molecule has 5 heteroatoms. The Kier molecular flexibility index (Phi) is 3.29. The number of hydrogen-bond acceptors (Lipinski definition) is 3. The Balaban J connectivity index is 2.21. The molecule has 0 radical (unpaired) electrons. The Morgan fingerprint density at radius 1 is 1.42 bits per heavy atom. The van der Waals surface area contributed by atoms with Gasteiger partial charge in [-0.1, -0.05) is 12.1 Å². The largest absolute Gasteiger partial charge is 0.320 e. The fraction of sp³-hybridized carbons (Fsp3) is 0.286. The first-order valence-electron chi connectivity index (χ1n) is 6.13. The van der Waals surface area contributed by atoms with Crippen molar-refractivity contribution in [2.75, 3.05) is 0 Å². The van der Waals surface area contributed by atoms with Crippen molar-refractivity contribution in [2.45, 2.75) is 25.8 Å². The van der Waals surface area contributed by atoms with Gasteiger partial charge < -0.3 is 4.57 Å². The van der Waals surface area contributed by atoms with E-state index in [1.54, 1.807) is 11.3 Å². The molecule has 0 saturated carbocycles. The summed E-state index contributed by atoms with van der Waals surface area (Å²) in [5.41, 5.74) is 6.26. The standard InChI is InChI=1S/C14H14ClN3S/c1-9-4-3-5-12-13(9)18(14(17-12)10(2)15)6-11-7-19-8-16-11/h3-5,7-8,10H,6H2,1-2H3. The summed E-state index contributed by atoms with van der Waals surface area (Å²) in [5.74, 6) is 0.902. The van der Waals surface area contributed by atoms with E-state index in [4.69, 9.17) is 11.6 Å². The van der Waals surface area contributed by atoms with Crippen LogP contribution < -0.4 is 0 Å². The molecule has 1 atom stereocenters. The minimum absolute atomic E-state index is 0.120. The van der Waals surface area contributed by atoms with Gasteiger partial charge in [-0.05, 0) is 25.5 Å². The van der Waals surface area contributed by atoms with Crippen molar-refractivity contribution >= 4 is 34.0 Å². The monoisotopic (exact) mass is 291 g/mol. The molecule has 0 bridgehead atoms. The minimum atomic E-state index is -0.120. The van der Waals surface area contributed by atoms with Gasteiger partial charge in [0.2, 0.25) is 0 Å². The Hall–Kier alpha value is -1.39. The average Bonchev–Trinajstić information content (AvgIpc) is 2.98. The molecule has 0 aliphatic heterocycles. The lowest BCUT2D eigenvalue weighted by Crippen LogP contribution is -2.06. The third-order valence-corrected chi connectivity index (χ3v) is 3.99. The highest BCUT2D eigenvalue weighted by Gasteiger charge is 2.16. The van der Waals surface area contributed by atoms with E-state index in [-0.39, 0.29) is 5.38 Å². The van der Waals surface area contributed by atoms with Crippen LogP contribution in [0, 0.1) is 6.92 Å². The van der Waals surface area contributed by atoms with Gasteiger partial charge in [0.05, 0.1) is 34.2 Å². The fourth-order valence-corrected chi connectivity index (χ4v) is 3.04. The van der Waals surface area contributed by atoms with E-state index in [2.05, 4.69) is 32.9 Å². The molecular formula is C14H14ClN3S. The number of rotatable bonds is 3. The van der Waals surface area contributed by atoms with Gasteiger partial charge in [-0.2, -0.15) is 0 Å². The van der Waals surface area contributed by atoms with Crippen molar-refractivity contribution in [3.63, 3.8) is 0 Å². The molecule has 3 rings (SSSR count). The predicted octanol–water partition coefficient (Wildman–Crippen LogP) is 4.15. The molecule has 1 unspecified atom stereocenters. The topological polar surface area (TPSA) is 30.7 Å². The zero-order valence-electron chi connectivity index (χ0n) is 10.8. The van der Waals surface area contributed by atoms with Crippen LogP contribution in [0.2, 0.25) is 0 Å². The van der Waals surface area contributed by atoms with Gasteiger partial charge in [0.15, 0.2) is 0 Å². The number of aryl methyl sites for hydroxylation is 1. The quantitative estimate of drug-likeness (QED) is 0.679. The summed E-state index contributed by atoms with van der Waals surface area (Å²) >= 11 is 7.88. The molecule has 0 aliphatic rings. The van der Waals surface area contributed by atoms with Crippen LogP contribution in [-0.2, 0) is 6.54 Å². The average molecular weight is 292 g/mol. The van der Waals surface area contributed by atoms with Crippen LogP contribution >= 0.6 is 22.9 Å². The number of alkyl halides is 1. The number of fused-ring (bicyclic) bond motifs is 1. The third kappa shape index (κ3) is 2.26. The van der Waals surface area contributed by atoms with E-state index < -0.39 is 0 Å². The van der Waals surface area contributed by atoms with Crippen molar-refractivity contribution in [1.29, 1.82) is 0 Å². The van der Waals surface area contributed by atoms with Crippen LogP contribution in [0.1, 0.15) is 29.4 Å². The molecule has 0 saturated heterocycles. The SMILES string of the molecule is Cc1cccc2nc(C(C)Cl)n(Cc3cscn3)c12. The van der Waals surface area contributed by atoms with Crippen molar-refractivity contribution in [2.24, 2.45) is 0 Å². The lowest BCUT2D eigenvalue weighted by molar-refractivity contribution is 0.729. The van der Waals surface area contributed by atoms with Crippen LogP contribution in [0.3, 0.4) is 0 Å². The van der Waals surface area contributed by atoms with Crippen LogP contribution in [0.4, 0.5) is 0 Å². The first kappa shape index (κ1) is 12.6. The van der Waals surface area contributed by atoms with Crippen molar-refractivity contribution in [3.8, 4) is 0 Å². The second-order valence-corrected chi connectivity index (χ2v) is 5.97. The Morgan fingerprint density at radius 3 is 2.95 bits per heavy atom. The number of aromatic nitrogens is 3. The molecule has 3 nitrogen and oxygen atoms in total. The van der Waals surface area contributed by atoms with E-state index in [1.165, 1.54) is 5.56 Å². The number of benzene rings is 1. The summed E-state index contributed by atoms with van der Waals surface area (Å²) in [6, 6.07) is 6.16. The van der Waals surface area contributed by atoms with Gasteiger partial charge in [-0.25, -0.2) is 9.97 Å². The molecule has 98 valence electrons. The number of nitrogens with zero attached hydrogens (tertiary/aromatic N) is 3.